The topological polar surface area (TPSA) is 92.6 Å². The number of ketones is 1. The third kappa shape index (κ3) is 7.14. The third-order valence-corrected chi connectivity index (χ3v) is 7.31. The molecular formula is C32H38N6O2. The number of nitrogens with one attached hydrogen (secondary N) is 3. The van der Waals surface area contributed by atoms with E-state index in [2.05, 4.69) is 65.4 Å². The van der Waals surface area contributed by atoms with Crippen molar-refractivity contribution < 1.29 is 9.53 Å². The second-order valence-electron chi connectivity index (χ2n) is 10.6. The number of fused-ring (bicyclic) bond motifs is 1. The van der Waals surface area contributed by atoms with Crippen LogP contribution >= 0.6 is 0 Å². The molecule has 8 nitrogen and oxygen atoms in total. The molecule has 3 N–H and O–H groups in total. The Morgan fingerprint density at radius 3 is 2.77 bits per heavy atom. The number of allylic oxidation sites excluding steroid dienone is 3. The number of aliphatic imine (C=N–C) groups is 1. The normalized spacial score (nSPS) is 18.4. The van der Waals surface area contributed by atoms with E-state index in [1.165, 1.54) is 27.8 Å². The molecule has 3 aromatic rings. The second-order valence-corrected chi connectivity index (χ2v) is 10.6. The Morgan fingerprint density at radius 1 is 1.12 bits per heavy atom. The van der Waals surface area contributed by atoms with E-state index in [4.69, 9.17) is 9.73 Å². The summed E-state index contributed by atoms with van der Waals surface area (Å²) in [6, 6.07) is 14.7. The molecule has 0 aliphatic carbocycles. The number of aryl methyl sites for hydroxylation is 3. The molecule has 1 saturated heterocycles. The first-order chi connectivity index (χ1) is 19.4. The first-order valence-corrected chi connectivity index (χ1v) is 14.0. The molecule has 0 unspecified atom stereocenters. The van der Waals surface area contributed by atoms with E-state index >= 15 is 0 Å². The Hall–Kier alpha value is -4.01. The van der Waals surface area contributed by atoms with Gasteiger partial charge in [-0.2, -0.15) is 5.10 Å². The molecule has 1 fully saturated rings. The summed E-state index contributed by atoms with van der Waals surface area (Å²) in [5.41, 5.74) is 14.1. The first kappa shape index (κ1) is 27.6. The van der Waals surface area contributed by atoms with Gasteiger partial charge in [-0.1, -0.05) is 29.8 Å². The highest BCUT2D eigenvalue weighted by atomic mass is 16.5. The monoisotopic (exact) mass is 538 g/mol. The molecule has 0 radical (unpaired) electrons. The van der Waals surface area contributed by atoms with Gasteiger partial charge < -0.3 is 10.1 Å². The van der Waals surface area contributed by atoms with Gasteiger partial charge in [0.2, 0.25) is 5.78 Å². The summed E-state index contributed by atoms with van der Waals surface area (Å²) in [6.45, 7) is 6.56. The fraction of sp³-hybridized carbons (Fsp3) is 0.344. The molecule has 2 aliphatic rings. The van der Waals surface area contributed by atoms with E-state index in [1.54, 1.807) is 30.1 Å². The molecule has 5 rings (SSSR count). The van der Waals surface area contributed by atoms with Crippen molar-refractivity contribution in [1.29, 1.82) is 0 Å². The van der Waals surface area contributed by atoms with Crippen LogP contribution in [0, 0.1) is 6.92 Å². The number of anilines is 1. The summed E-state index contributed by atoms with van der Waals surface area (Å²) in [5.74, 6) is 1.99. The SMILES string of the molecule is C/C1=C(Nc2cc(OCCC/C=C/C(=O)c3ccn(C)n3)cc(C3CNNC3)c2)/N=C\c2cc(C)ccc2CC1. The minimum atomic E-state index is -0.0798. The van der Waals surface area contributed by atoms with Crippen LogP contribution in [0.2, 0.25) is 0 Å². The molecule has 0 saturated carbocycles. The summed E-state index contributed by atoms with van der Waals surface area (Å²) in [7, 11) is 1.80. The van der Waals surface area contributed by atoms with Crippen LogP contribution in [-0.2, 0) is 13.5 Å². The van der Waals surface area contributed by atoms with Gasteiger partial charge in [-0.3, -0.25) is 20.3 Å². The van der Waals surface area contributed by atoms with Gasteiger partial charge in [-0.15, -0.1) is 0 Å². The van der Waals surface area contributed by atoms with Crippen molar-refractivity contribution in [2.75, 3.05) is 25.0 Å². The number of unbranched alkanes of at least 4 members (excludes halogenated alkanes) is 1. The Kier molecular flexibility index (Phi) is 8.88. The van der Waals surface area contributed by atoms with Crippen LogP contribution in [0.1, 0.15) is 64.8 Å². The molecule has 2 aliphatic heterocycles. The molecule has 208 valence electrons. The lowest BCUT2D eigenvalue weighted by Gasteiger charge is -2.18. The van der Waals surface area contributed by atoms with Gasteiger partial charge in [0, 0.05) is 50.2 Å². The van der Waals surface area contributed by atoms with Crippen molar-refractivity contribution in [3.05, 3.63) is 100 Å². The minimum Gasteiger partial charge on any atom is -0.493 e. The number of benzene rings is 2. The fourth-order valence-electron chi connectivity index (χ4n) is 4.95. The number of hydrazine groups is 1. The fourth-order valence-corrected chi connectivity index (χ4v) is 4.95. The molecule has 1 aromatic heterocycles. The molecule has 2 aromatic carbocycles. The van der Waals surface area contributed by atoms with Gasteiger partial charge in [0.1, 0.15) is 17.3 Å². The van der Waals surface area contributed by atoms with E-state index in [0.717, 1.165) is 56.0 Å². The third-order valence-electron chi connectivity index (χ3n) is 7.31. The first-order valence-electron chi connectivity index (χ1n) is 14.0. The van der Waals surface area contributed by atoms with Crippen LogP contribution in [0.4, 0.5) is 5.69 Å². The Balaban J connectivity index is 1.25. The summed E-state index contributed by atoms with van der Waals surface area (Å²) in [4.78, 5) is 17.1. The Morgan fingerprint density at radius 2 is 1.98 bits per heavy atom. The molecule has 0 spiro atoms. The van der Waals surface area contributed by atoms with Gasteiger partial charge in [0.25, 0.3) is 0 Å². The highest BCUT2D eigenvalue weighted by Crippen LogP contribution is 2.29. The largest absolute Gasteiger partial charge is 0.493 e. The number of ether oxygens (including phenoxy) is 1. The quantitative estimate of drug-likeness (QED) is 0.186. The number of nitrogens with zero attached hydrogens (tertiary/aromatic N) is 3. The lowest BCUT2D eigenvalue weighted by Crippen LogP contribution is -2.21. The maximum atomic E-state index is 12.2. The zero-order valence-corrected chi connectivity index (χ0v) is 23.5. The average molecular weight is 539 g/mol. The summed E-state index contributed by atoms with van der Waals surface area (Å²) >= 11 is 0. The van der Waals surface area contributed by atoms with E-state index < -0.39 is 0 Å². The minimum absolute atomic E-state index is 0.0798. The predicted octanol–water partition coefficient (Wildman–Crippen LogP) is 5.23. The van der Waals surface area contributed by atoms with E-state index in [0.29, 0.717) is 18.2 Å². The number of rotatable bonds is 10. The molecular weight excluding hydrogens is 500 g/mol. The second kappa shape index (κ2) is 12.9. The lowest BCUT2D eigenvalue weighted by molar-refractivity contribution is 0.104. The molecule has 0 amide bonds. The van der Waals surface area contributed by atoms with E-state index in [-0.39, 0.29) is 5.78 Å². The molecule has 3 heterocycles. The molecule has 0 bridgehead atoms. The van der Waals surface area contributed by atoms with Crippen molar-refractivity contribution in [1.82, 2.24) is 20.6 Å². The number of carbonyl (C=O) groups excluding carboxylic acids is 1. The van der Waals surface area contributed by atoms with Crippen molar-refractivity contribution >= 4 is 17.7 Å². The van der Waals surface area contributed by atoms with Gasteiger partial charge >= 0.3 is 0 Å². The van der Waals surface area contributed by atoms with Crippen LogP contribution in [0.15, 0.2) is 77.2 Å². The number of hydrogen-bond donors (Lipinski definition) is 3. The van der Waals surface area contributed by atoms with E-state index in [1.807, 2.05) is 18.4 Å². The van der Waals surface area contributed by atoms with Crippen LogP contribution in [0.5, 0.6) is 5.75 Å². The van der Waals surface area contributed by atoms with Gasteiger partial charge in [0.15, 0.2) is 0 Å². The molecule has 40 heavy (non-hydrogen) atoms. The maximum Gasteiger partial charge on any atom is 0.205 e. The van der Waals surface area contributed by atoms with Crippen LogP contribution in [0.25, 0.3) is 0 Å². The highest BCUT2D eigenvalue weighted by molar-refractivity contribution is 6.02. The highest BCUT2D eigenvalue weighted by Gasteiger charge is 2.19. The summed E-state index contributed by atoms with van der Waals surface area (Å²) in [5, 5.41) is 7.74. The number of carbonyl (C=O) groups is 1. The summed E-state index contributed by atoms with van der Waals surface area (Å²) < 4.78 is 7.82. The van der Waals surface area contributed by atoms with Crippen molar-refractivity contribution in [3.8, 4) is 5.75 Å². The number of hydrogen-bond acceptors (Lipinski definition) is 7. The smallest absolute Gasteiger partial charge is 0.205 e. The lowest BCUT2D eigenvalue weighted by atomic mass is 9.97. The maximum absolute atomic E-state index is 12.2. The van der Waals surface area contributed by atoms with Gasteiger partial charge in [-0.25, -0.2) is 4.99 Å². The molecule has 0 atom stereocenters. The van der Waals surface area contributed by atoms with Crippen molar-refractivity contribution in [2.45, 2.75) is 45.4 Å². The van der Waals surface area contributed by atoms with Crippen LogP contribution in [-0.4, -0.2) is 41.5 Å². The van der Waals surface area contributed by atoms with Crippen molar-refractivity contribution in [2.24, 2.45) is 12.0 Å². The Bertz CT molecular complexity index is 1450. The summed E-state index contributed by atoms with van der Waals surface area (Å²) in [6.07, 6.45) is 10.7. The zero-order valence-electron chi connectivity index (χ0n) is 23.5. The standard InChI is InChI=1S/C32H38N6O2/c1-22-8-10-24-11-9-23(2)32(33-19-26(24)15-22)36-28-16-25(27-20-34-35-21-27)17-29(18-28)40-14-6-4-5-7-31(39)30-12-13-38(3)37-30/h5,7-8,10,12-13,15-19,27,34-36H,4,6,9,11,14,20-21H2,1-3H3/b7-5+,32-23+,33-19-. The number of aromatic nitrogens is 2. The zero-order chi connectivity index (χ0) is 27.9. The molecule has 8 heteroatoms. The van der Waals surface area contributed by atoms with Gasteiger partial charge in [-0.05, 0) is 86.1 Å². The van der Waals surface area contributed by atoms with Crippen molar-refractivity contribution in [3.63, 3.8) is 0 Å². The van der Waals surface area contributed by atoms with Crippen LogP contribution < -0.4 is 20.9 Å². The Labute approximate surface area is 236 Å². The predicted molar refractivity (Wildman–Crippen MR) is 160 cm³/mol. The van der Waals surface area contributed by atoms with Crippen LogP contribution in [0.3, 0.4) is 0 Å². The van der Waals surface area contributed by atoms with E-state index in [9.17, 15) is 4.79 Å². The average Bonchev–Trinajstić information content (AvgIpc) is 3.64. The van der Waals surface area contributed by atoms with Gasteiger partial charge in [0.05, 0.1) is 6.61 Å².